The standard InChI is InChI=1S/C12H24N2O2S/c1-12(2,3)9-14(16-4)11(15)7-10-8-17-6-5-13-10/h10,13H,5-9H2,1-4H3. The molecule has 1 amide bonds. The van der Waals surface area contributed by atoms with Crippen LogP contribution in [-0.2, 0) is 9.63 Å². The van der Waals surface area contributed by atoms with Gasteiger partial charge >= 0.3 is 0 Å². The zero-order chi connectivity index (χ0) is 12.9. The normalized spacial score (nSPS) is 21.3. The smallest absolute Gasteiger partial charge is 0.247 e. The predicted molar refractivity (Wildman–Crippen MR) is 71.9 cm³/mol. The minimum absolute atomic E-state index is 0.0560. The highest BCUT2D eigenvalue weighted by Gasteiger charge is 2.24. The highest BCUT2D eigenvalue weighted by molar-refractivity contribution is 7.99. The maximum atomic E-state index is 12.1. The molecule has 0 aromatic carbocycles. The molecule has 1 atom stereocenters. The Morgan fingerprint density at radius 1 is 1.53 bits per heavy atom. The molecule has 5 heteroatoms. The molecule has 0 bridgehead atoms. The summed E-state index contributed by atoms with van der Waals surface area (Å²) in [5, 5.41) is 4.85. The molecule has 0 aromatic rings. The minimum Gasteiger partial charge on any atom is -0.312 e. The van der Waals surface area contributed by atoms with Crippen molar-refractivity contribution in [2.45, 2.75) is 33.2 Å². The number of rotatable bonds is 4. The lowest BCUT2D eigenvalue weighted by Crippen LogP contribution is -2.44. The van der Waals surface area contributed by atoms with Crippen LogP contribution in [0, 0.1) is 5.41 Å². The molecule has 17 heavy (non-hydrogen) atoms. The Bertz CT molecular complexity index is 247. The van der Waals surface area contributed by atoms with Crippen molar-refractivity contribution in [3.63, 3.8) is 0 Å². The van der Waals surface area contributed by atoms with Crippen molar-refractivity contribution >= 4 is 17.7 Å². The van der Waals surface area contributed by atoms with E-state index < -0.39 is 0 Å². The van der Waals surface area contributed by atoms with Gasteiger partial charge in [0, 0.05) is 30.5 Å². The Balaban J connectivity index is 2.42. The zero-order valence-corrected chi connectivity index (χ0v) is 12.1. The molecule has 1 saturated heterocycles. The summed E-state index contributed by atoms with van der Waals surface area (Å²) in [7, 11) is 1.56. The molecule has 0 spiro atoms. The number of hydrogen-bond acceptors (Lipinski definition) is 4. The summed E-state index contributed by atoms with van der Waals surface area (Å²) in [5.74, 6) is 2.22. The van der Waals surface area contributed by atoms with Gasteiger partial charge in [0.05, 0.1) is 13.7 Å². The number of carbonyl (C=O) groups is 1. The van der Waals surface area contributed by atoms with E-state index >= 15 is 0 Å². The number of hydroxylamine groups is 2. The fraction of sp³-hybridized carbons (Fsp3) is 0.917. The van der Waals surface area contributed by atoms with Gasteiger partial charge in [-0.25, -0.2) is 5.06 Å². The Morgan fingerprint density at radius 2 is 2.24 bits per heavy atom. The summed E-state index contributed by atoms with van der Waals surface area (Å²) in [6.45, 7) is 7.92. The average Bonchev–Trinajstić information content (AvgIpc) is 2.26. The maximum Gasteiger partial charge on any atom is 0.247 e. The Morgan fingerprint density at radius 3 is 2.71 bits per heavy atom. The number of amides is 1. The molecule has 1 rings (SSSR count). The minimum atomic E-state index is 0.0560. The first-order valence-corrected chi connectivity index (χ1v) is 7.23. The molecule has 1 heterocycles. The Labute approximate surface area is 108 Å². The van der Waals surface area contributed by atoms with E-state index in [9.17, 15) is 4.79 Å². The van der Waals surface area contributed by atoms with Crippen LogP contribution >= 0.6 is 11.8 Å². The SMILES string of the molecule is CON(CC(C)(C)C)C(=O)CC1CSCCN1. The van der Waals surface area contributed by atoms with Crippen LogP contribution in [0.4, 0.5) is 0 Å². The summed E-state index contributed by atoms with van der Waals surface area (Å²) in [6, 6.07) is 0.291. The van der Waals surface area contributed by atoms with Gasteiger partial charge in [-0.05, 0) is 5.41 Å². The highest BCUT2D eigenvalue weighted by atomic mass is 32.2. The van der Waals surface area contributed by atoms with E-state index in [4.69, 9.17) is 4.84 Å². The van der Waals surface area contributed by atoms with E-state index in [-0.39, 0.29) is 11.3 Å². The van der Waals surface area contributed by atoms with Gasteiger partial charge in [0.25, 0.3) is 0 Å². The van der Waals surface area contributed by atoms with Crippen LogP contribution in [0.2, 0.25) is 0 Å². The lowest BCUT2D eigenvalue weighted by Gasteiger charge is -2.30. The molecule has 1 aliphatic heterocycles. The van der Waals surface area contributed by atoms with Crippen LogP contribution in [0.1, 0.15) is 27.2 Å². The fourth-order valence-electron chi connectivity index (χ4n) is 1.75. The highest BCUT2D eigenvalue weighted by Crippen LogP contribution is 2.17. The second kappa shape index (κ2) is 6.61. The van der Waals surface area contributed by atoms with Gasteiger partial charge in [-0.1, -0.05) is 20.8 Å². The van der Waals surface area contributed by atoms with Crippen molar-refractivity contribution in [2.75, 3.05) is 31.7 Å². The predicted octanol–water partition coefficient (Wildman–Crippen LogP) is 1.52. The van der Waals surface area contributed by atoms with Gasteiger partial charge < -0.3 is 5.32 Å². The van der Waals surface area contributed by atoms with Crippen molar-refractivity contribution in [3.8, 4) is 0 Å². The van der Waals surface area contributed by atoms with Gasteiger partial charge in [-0.2, -0.15) is 11.8 Å². The van der Waals surface area contributed by atoms with Gasteiger partial charge in [-0.3, -0.25) is 9.63 Å². The summed E-state index contributed by atoms with van der Waals surface area (Å²) >= 11 is 1.90. The van der Waals surface area contributed by atoms with E-state index in [0.717, 1.165) is 18.1 Å². The Kier molecular flexibility index (Phi) is 5.76. The van der Waals surface area contributed by atoms with Crippen molar-refractivity contribution in [3.05, 3.63) is 0 Å². The largest absolute Gasteiger partial charge is 0.312 e. The van der Waals surface area contributed by atoms with Crippen molar-refractivity contribution in [2.24, 2.45) is 5.41 Å². The summed E-state index contributed by atoms with van der Waals surface area (Å²) < 4.78 is 0. The van der Waals surface area contributed by atoms with E-state index in [2.05, 4.69) is 26.1 Å². The zero-order valence-electron chi connectivity index (χ0n) is 11.3. The number of thioether (sulfide) groups is 1. The first-order valence-electron chi connectivity index (χ1n) is 6.08. The maximum absolute atomic E-state index is 12.1. The van der Waals surface area contributed by atoms with Crippen LogP contribution < -0.4 is 5.32 Å². The quantitative estimate of drug-likeness (QED) is 0.778. The summed E-state index contributed by atoms with van der Waals surface area (Å²) in [6.07, 6.45) is 0.525. The monoisotopic (exact) mass is 260 g/mol. The van der Waals surface area contributed by atoms with Crippen LogP contribution in [-0.4, -0.2) is 48.7 Å². The topological polar surface area (TPSA) is 41.6 Å². The van der Waals surface area contributed by atoms with E-state index in [1.54, 1.807) is 7.11 Å². The molecular formula is C12H24N2O2S. The van der Waals surface area contributed by atoms with Crippen LogP contribution in [0.5, 0.6) is 0 Å². The van der Waals surface area contributed by atoms with Gasteiger partial charge in [-0.15, -0.1) is 0 Å². The van der Waals surface area contributed by atoms with Gasteiger partial charge in [0.15, 0.2) is 0 Å². The molecule has 0 saturated carbocycles. The van der Waals surface area contributed by atoms with Crippen molar-refractivity contribution < 1.29 is 9.63 Å². The molecule has 0 aliphatic carbocycles. The molecule has 1 aliphatic rings. The lowest BCUT2D eigenvalue weighted by molar-refractivity contribution is -0.182. The summed E-state index contributed by atoms with van der Waals surface area (Å²) in [5.41, 5.74) is 0.0560. The van der Waals surface area contributed by atoms with Crippen LogP contribution in [0.25, 0.3) is 0 Å². The molecule has 1 unspecified atom stereocenters. The number of nitrogens with one attached hydrogen (secondary N) is 1. The second-order valence-corrected chi connectivity index (χ2v) is 6.75. The molecule has 4 nitrogen and oxygen atoms in total. The van der Waals surface area contributed by atoms with Crippen molar-refractivity contribution in [1.29, 1.82) is 0 Å². The Hall–Kier alpha value is -0.260. The third-order valence-corrected chi connectivity index (χ3v) is 3.67. The van der Waals surface area contributed by atoms with Gasteiger partial charge in [0.2, 0.25) is 5.91 Å². The lowest BCUT2D eigenvalue weighted by atomic mass is 9.96. The third-order valence-electron chi connectivity index (χ3n) is 2.54. The second-order valence-electron chi connectivity index (χ2n) is 5.60. The molecule has 1 fully saturated rings. The van der Waals surface area contributed by atoms with Crippen LogP contribution in [0.3, 0.4) is 0 Å². The van der Waals surface area contributed by atoms with E-state index in [1.807, 2.05) is 11.8 Å². The van der Waals surface area contributed by atoms with Crippen LogP contribution in [0.15, 0.2) is 0 Å². The first-order chi connectivity index (χ1) is 7.92. The molecular weight excluding hydrogens is 236 g/mol. The van der Waals surface area contributed by atoms with Gasteiger partial charge in [0.1, 0.15) is 0 Å². The number of carbonyl (C=O) groups excluding carboxylic acids is 1. The third kappa shape index (κ3) is 5.75. The molecule has 0 radical (unpaired) electrons. The average molecular weight is 260 g/mol. The number of hydrogen-bond donors (Lipinski definition) is 1. The number of nitrogens with zero attached hydrogens (tertiary/aromatic N) is 1. The summed E-state index contributed by atoms with van der Waals surface area (Å²) in [4.78, 5) is 17.3. The first kappa shape index (κ1) is 14.8. The fourth-order valence-corrected chi connectivity index (χ4v) is 2.70. The van der Waals surface area contributed by atoms with Crippen molar-refractivity contribution in [1.82, 2.24) is 10.4 Å². The van der Waals surface area contributed by atoms with E-state index in [0.29, 0.717) is 19.0 Å². The van der Waals surface area contributed by atoms with E-state index in [1.165, 1.54) is 5.06 Å². The molecule has 0 aromatic heterocycles. The molecule has 1 N–H and O–H groups in total. The molecule has 100 valence electrons.